The van der Waals surface area contributed by atoms with Gasteiger partial charge in [-0.05, 0) is 19.8 Å². The van der Waals surface area contributed by atoms with E-state index in [1.165, 1.54) is 12.4 Å². The summed E-state index contributed by atoms with van der Waals surface area (Å²) < 4.78 is 0. The van der Waals surface area contributed by atoms with Crippen LogP contribution < -0.4 is 5.73 Å². The molecular formula is C10H14N4O. The highest BCUT2D eigenvalue weighted by Crippen LogP contribution is 2.18. The Morgan fingerprint density at radius 3 is 2.87 bits per heavy atom. The molecule has 2 rings (SSSR count). The van der Waals surface area contributed by atoms with E-state index in [1.807, 2.05) is 4.90 Å². The molecule has 0 aliphatic carbocycles. The largest absolute Gasteiger partial charge is 0.382 e. The predicted octanol–water partition coefficient (Wildman–Crippen LogP) is 0.683. The molecule has 0 aromatic carbocycles. The van der Waals surface area contributed by atoms with E-state index in [9.17, 15) is 4.79 Å². The van der Waals surface area contributed by atoms with E-state index in [2.05, 4.69) is 16.9 Å². The van der Waals surface area contributed by atoms with Crippen molar-refractivity contribution >= 4 is 11.7 Å². The zero-order chi connectivity index (χ0) is 10.8. The van der Waals surface area contributed by atoms with Gasteiger partial charge < -0.3 is 10.6 Å². The number of hydrogen-bond acceptors (Lipinski definition) is 4. The Morgan fingerprint density at radius 2 is 2.33 bits per heavy atom. The topological polar surface area (TPSA) is 72.1 Å². The fourth-order valence-electron chi connectivity index (χ4n) is 1.83. The first-order valence-electron chi connectivity index (χ1n) is 5.07. The van der Waals surface area contributed by atoms with Crippen LogP contribution in [0.25, 0.3) is 0 Å². The second kappa shape index (κ2) is 3.84. The lowest BCUT2D eigenvalue weighted by molar-refractivity contribution is 0.0741. The molecule has 1 unspecified atom stereocenters. The number of hydrogen-bond donors (Lipinski definition) is 1. The predicted molar refractivity (Wildman–Crippen MR) is 56.2 cm³/mol. The molecule has 1 aromatic rings. The van der Waals surface area contributed by atoms with Crippen LogP contribution >= 0.6 is 0 Å². The fraction of sp³-hybridized carbons (Fsp3) is 0.500. The van der Waals surface area contributed by atoms with E-state index < -0.39 is 0 Å². The second-order valence-corrected chi connectivity index (χ2v) is 3.82. The molecule has 5 nitrogen and oxygen atoms in total. The lowest BCUT2D eigenvalue weighted by Gasteiger charge is -2.20. The molecule has 1 aliphatic rings. The summed E-state index contributed by atoms with van der Waals surface area (Å²) in [5, 5.41) is 0. The standard InChI is InChI=1S/C10H14N4O/c1-7-3-2-4-14(7)10(15)8-5-13-9(11)6-12-8/h5-7H,2-4H2,1H3,(H2,11,13). The first-order valence-corrected chi connectivity index (χ1v) is 5.07. The van der Waals surface area contributed by atoms with Gasteiger partial charge in [-0.25, -0.2) is 9.97 Å². The van der Waals surface area contributed by atoms with Crippen molar-refractivity contribution in [2.75, 3.05) is 12.3 Å². The molecule has 1 amide bonds. The van der Waals surface area contributed by atoms with Gasteiger partial charge in [0.15, 0.2) is 0 Å². The highest BCUT2D eigenvalue weighted by molar-refractivity contribution is 5.92. The highest BCUT2D eigenvalue weighted by Gasteiger charge is 2.26. The molecule has 1 aromatic heterocycles. The van der Waals surface area contributed by atoms with Crippen molar-refractivity contribution < 1.29 is 4.79 Å². The minimum atomic E-state index is -0.0486. The van der Waals surface area contributed by atoms with Crippen molar-refractivity contribution in [3.8, 4) is 0 Å². The van der Waals surface area contributed by atoms with Gasteiger partial charge in [0.25, 0.3) is 5.91 Å². The van der Waals surface area contributed by atoms with E-state index in [1.54, 1.807) is 0 Å². The SMILES string of the molecule is CC1CCCN1C(=O)c1cnc(N)cn1. The van der Waals surface area contributed by atoms with E-state index >= 15 is 0 Å². The number of aromatic nitrogens is 2. The van der Waals surface area contributed by atoms with Gasteiger partial charge in [0.2, 0.25) is 0 Å². The number of nitrogens with zero attached hydrogens (tertiary/aromatic N) is 3. The lowest BCUT2D eigenvalue weighted by Crippen LogP contribution is -2.34. The van der Waals surface area contributed by atoms with Gasteiger partial charge >= 0.3 is 0 Å². The number of carbonyl (C=O) groups is 1. The molecule has 1 fully saturated rings. The van der Waals surface area contributed by atoms with E-state index in [4.69, 9.17) is 5.73 Å². The maximum Gasteiger partial charge on any atom is 0.274 e. The van der Waals surface area contributed by atoms with Gasteiger partial charge in [0.1, 0.15) is 11.5 Å². The second-order valence-electron chi connectivity index (χ2n) is 3.82. The molecule has 0 radical (unpaired) electrons. The van der Waals surface area contributed by atoms with Crippen molar-refractivity contribution in [3.05, 3.63) is 18.1 Å². The zero-order valence-corrected chi connectivity index (χ0v) is 8.68. The average molecular weight is 206 g/mol. The summed E-state index contributed by atoms with van der Waals surface area (Å²) in [6.07, 6.45) is 4.97. The highest BCUT2D eigenvalue weighted by atomic mass is 16.2. The number of rotatable bonds is 1. The molecule has 0 spiro atoms. The van der Waals surface area contributed by atoms with Crippen LogP contribution in [0.4, 0.5) is 5.82 Å². The van der Waals surface area contributed by atoms with Gasteiger partial charge in [-0.2, -0.15) is 0 Å². The Kier molecular flexibility index (Phi) is 2.53. The zero-order valence-electron chi connectivity index (χ0n) is 8.68. The van der Waals surface area contributed by atoms with Crippen molar-refractivity contribution in [2.24, 2.45) is 0 Å². The molecule has 1 aliphatic heterocycles. The summed E-state index contributed by atoms with van der Waals surface area (Å²) in [6, 6.07) is 0.303. The Labute approximate surface area is 88.3 Å². The third kappa shape index (κ3) is 1.91. The smallest absolute Gasteiger partial charge is 0.274 e. The number of carbonyl (C=O) groups excluding carboxylic acids is 1. The monoisotopic (exact) mass is 206 g/mol. The van der Waals surface area contributed by atoms with E-state index in [0.717, 1.165) is 19.4 Å². The van der Waals surface area contributed by atoms with Crippen LogP contribution in [0.5, 0.6) is 0 Å². The van der Waals surface area contributed by atoms with Gasteiger partial charge in [-0.1, -0.05) is 0 Å². The maximum atomic E-state index is 12.0. The van der Waals surface area contributed by atoms with Crippen LogP contribution in [0.2, 0.25) is 0 Å². The van der Waals surface area contributed by atoms with Gasteiger partial charge in [0, 0.05) is 12.6 Å². The number of likely N-dealkylation sites (tertiary alicyclic amines) is 1. The van der Waals surface area contributed by atoms with Crippen LogP contribution in [0.3, 0.4) is 0 Å². The molecule has 80 valence electrons. The summed E-state index contributed by atoms with van der Waals surface area (Å²) in [7, 11) is 0. The third-order valence-electron chi connectivity index (χ3n) is 2.70. The Hall–Kier alpha value is -1.65. The number of nitrogens with two attached hydrogens (primary N) is 1. The summed E-state index contributed by atoms with van der Waals surface area (Å²) in [5.74, 6) is 0.286. The van der Waals surface area contributed by atoms with Crippen LogP contribution in [0, 0.1) is 0 Å². The first kappa shape index (κ1) is 9.89. The molecule has 0 bridgehead atoms. The Balaban J connectivity index is 2.17. The molecule has 15 heavy (non-hydrogen) atoms. The quantitative estimate of drug-likeness (QED) is 0.733. The number of anilines is 1. The van der Waals surface area contributed by atoms with E-state index in [-0.39, 0.29) is 5.91 Å². The van der Waals surface area contributed by atoms with Crippen molar-refractivity contribution in [2.45, 2.75) is 25.8 Å². The van der Waals surface area contributed by atoms with Gasteiger partial charge in [-0.15, -0.1) is 0 Å². The van der Waals surface area contributed by atoms with Crippen molar-refractivity contribution in [3.63, 3.8) is 0 Å². The van der Waals surface area contributed by atoms with Crippen LogP contribution in [0.15, 0.2) is 12.4 Å². The lowest BCUT2D eigenvalue weighted by atomic mass is 10.2. The molecule has 2 N–H and O–H groups in total. The molecule has 0 saturated carbocycles. The number of amides is 1. The molecule has 2 heterocycles. The van der Waals surface area contributed by atoms with Crippen LogP contribution in [-0.2, 0) is 0 Å². The van der Waals surface area contributed by atoms with Crippen molar-refractivity contribution in [1.29, 1.82) is 0 Å². The summed E-state index contributed by atoms with van der Waals surface area (Å²) in [5.41, 5.74) is 5.78. The van der Waals surface area contributed by atoms with Gasteiger partial charge in [0.05, 0.1) is 12.4 Å². The first-order chi connectivity index (χ1) is 7.18. The fourth-order valence-corrected chi connectivity index (χ4v) is 1.83. The van der Waals surface area contributed by atoms with Crippen LogP contribution in [-0.4, -0.2) is 33.4 Å². The average Bonchev–Trinajstić information content (AvgIpc) is 2.65. The third-order valence-corrected chi connectivity index (χ3v) is 2.70. The molecular weight excluding hydrogens is 192 g/mol. The van der Waals surface area contributed by atoms with Crippen LogP contribution in [0.1, 0.15) is 30.3 Å². The molecule has 1 saturated heterocycles. The summed E-state index contributed by atoms with van der Waals surface area (Å²) >= 11 is 0. The van der Waals surface area contributed by atoms with E-state index in [0.29, 0.717) is 17.6 Å². The summed E-state index contributed by atoms with van der Waals surface area (Å²) in [4.78, 5) is 21.6. The van der Waals surface area contributed by atoms with Gasteiger partial charge in [-0.3, -0.25) is 4.79 Å². The minimum absolute atomic E-state index is 0.0486. The molecule has 1 atom stereocenters. The Bertz CT molecular complexity index is 362. The minimum Gasteiger partial charge on any atom is -0.382 e. The molecule has 5 heteroatoms. The number of nitrogen functional groups attached to an aromatic ring is 1. The Morgan fingerprint density at radius 1 is 1.53 bits per heavy atom. The van der Waals surface area contributed by atoms with Crippen molar-refractivity contribution in [1.82, 2.24) is 14.9 Å². The normalized spacial score (nSPS) is 20.6. The maximum absolute atomic E-state index is 12.0. The summed E-state index contributed by atoms with van der Waals surface area (Å²) in [6.45, 7) is 2.86.